The molecule has 0 spiro atoms. The minimum absolute atomic E-state index is 0.0731. The maximum atomic E-state index is 13.2. The van der Waals surface area contributed by atoms with Crippen molar-refractivity contribution in [2.45, 2.75) is 50.6 Å². The number of likely N-dealkylation sites (tertiary alicyclic amines) is 2. The van der Waals surface area contributed by atoms with Gasteiger partial charge in [0.15, 0.2) is 0 Å². The fraction of sp³-hybridized carbons (Fsp3) is 0.571. The molecule has 150 valence electrons. The Morgan fingerprint density at radius 1 is 1.21 bits per heavy atom. The maximum absolute atomic E-state index is 13.2. The van der Waals surface area contributed by atoms with Gasteiger partial charge < -0.3 is 19.3 Å². The van der Waals surface area contributed by atoms with E-state index in [-0.39, 0.29) is 29.8 Å². The largest absolute Gasteiger partial charge is 0.481 e. The molecule has 0 aromatic carbocycles. The van der Waals surface area contributed by atoms with E-state index in [1.165, 1.54) is 32.6 Å². The highest BCUT2D eigenvalue weighted by molar-refractivity contribution is 5.97. The van der Waals surface area contributed by atoms with E-state index in [9.17, 15) is 9.59 Å². The Balaban J connectivity index is 1.51. The summed E-state index contributed by atoms with van der Waals surface area (Å²) in [4.78, 5) is 33.9. The predicted molar refractivity (Wildman–Crippen MR) is 103 cm³/mol. The Labute approximate surface area is 165 Å². The second kappa shape index (κ2) is 7.81. The lowest BCUT2D eigenvalue weighted by Crippen LogP contribution is -2.40. The maximum Gasteiger partial charge on any atom is 0.259 e. The summed E-state index contributed by atoms with van der Waals surface area (Å²) >= 11 is 0. The fourth-order valence-corrected chi connectivity index (χ4v) is 4.66. The molecule has 7 nitrogen and oxygen atoms in total. The Morgan fingerprint density at radius 2 is 2.07 bits per heavy atom. The van der Waals surface area contributed by atoms with Crippen LogP contribution in [0.3, 0.4) is 0 Å². The highest BCUT2D eigenvalue weighted by Gasteiger charge is 2.48. The second-order valence-corrected chi connectivity index (χ2v) is 7.67. The third-order valence-corrected chi connectivity index (χ3v) is 6.10. The quantitative estimate of drug-likeness (QED) is 0.728. The minimum atomic E-state index is -0.133. The van der Waals surface area contributed by atoms with Crippen LogP contribution in [0, 0.1) is 0 Å². The monoisotopic (exact) mass is 385 g/mol. The van der Waals surface area contributed by atoms with Crippen molar-refractivity contribution in [2.75, 3.05) is 27.3 Å². The van der Waals surface area contributed by atoms with Crippen LogP contribution >= 0.6 is 0 Å². The van der Waals surface area contributed by atoms with Crippen LogP contribution in [0.2, 0.25) is 0 Å². The van der Waals surface area contributed by atoms with Gasteiger partial charge in [-0.2, -0.15) is 4.98 Å². The number of hydrogen-bond acceptors (Lipinski definition) is 5. The van der Waals surface area contributed by atoms with E-state index in [0.717, 1.165) is 25.8 Å². The Hall–Kier alpha value is -2.57. The summed E-state index contributed by atoms with van der Waals surface area (Å²) < 4.78 is 10.4. The number of rotatable bonds is 5. The molecule has 0 saturated carbocycles. The number of carbonyl (C=O) groups is 2. The van der Waals surface area contributed by atoms with Gasteiger partial charge in [0.2, 0.25) is 17.7 Å². The topological polar surface area (TPSA) is 72.0 Å². The van der Waals surface area contributed by atoms with Crippen molar-refractivity contribution < 1.29 is 19.1 Å². The molecule has 0 unspecified atom stereocenters. The molecule has 3 heterocycles. The highest BCUT2D eigenvalue weighted by Crippen LogP contribution is 2.35. The number of hydrogen-bond donors (Lipinski definition) is 0. The van der Waals surface area contributed by atoms with Crippen LogP contribution in [-0.4, -0.2) is 66.0 Å². The number of amides is 2. The third-order valence-electron chi connectivity index (χ3n) is 6.10. The van der Waals surface area contributed by atoms with Crippen molar-refractivity contribution in [3.05, 3.63) is 29.3 Å². The van der Waals surface area contributed by atoms with E-state index >= 15 is 0 Å². The number of allylic oxidation sites excluding steroid dienone is 1. The molecule has 7 heteroatoms. The smallest absolute Gasteiger partial charge is 0.259 e. The molecule has 0 N–H and O–H groups in total. The number of aromatic nitrogens is 1. The van der Waals surface area contributed by atoms with Gasteiger partial charge in [0.25, 0.3) is 5.91 Å². The number of pyridine rings is 1. The molecule has 1 aromatic rings. The first-order valence-electron chi connectivity index (χ1n) is 9.99. The van der Waals surface area contributed by atoms with Gasteiger partial charge in [0.1, 0.15) is 5.56 Å². The van der Waals surface area contributed by atoms with E-state index in [1.54, 1.807) is 12.1 Å². The first kappa shape index (κ1) is 18.8. The van der Waals surface area contributed by atoms with E-state index in [1.807, 2.05) is 9.80 Å². The van der Waals surface area contributed by atoms with E-state index in [0.29, 0.717) is 24.4 Å². The van der Waals surface area contributed by atoms with Crippen LogP contribution in [0.1, 0.15) is 48.9 Å². The van der Waals surface area contributed by atoms with Gasteiger partial charge in [0, 0.05) is 25.6 Å². The lowest BCUT2D eigenvalue weighted by molar-refractivity contribution is -0.128. The van der Waals surface area contributed by atoms with Gasteiger partial charge >= 0.3 is 0 Å². The summed E-state index contributed by atoms with van der Waals surface area (Å²) in [7, 11) is 3.01. The van der Waals surface area contributed by atoms with Gasteiger partial charge in [-0.05, 0) is 38.2 Å². The number of methoxy groups -OCH3 is 2. The van der Waals surface area contributed by atoms with Crippen LogP contribution in [0.25, 0.3) is 0 Å². The van der Waals surface area contributed by atoms with E-state index in [2.05, 4.69) is 11.1 Å². The number of carbonyl (C=O) groups excluding carboxylic acids is 2. The summed E-state index contributed by atoms with van der Waals surface area (Å²) in [6.45, 7) is 1.36. The zero-order chi connectivity index (χ0) is 19.7. The van der Waals surface area contributed by atoms with Crippen molar-refractivity contribution in [1.29, 1.82) is 0 Å². The minimum Gasteiger partial charge on any atom is -0.481 e. The zero-order valence-corrected chi connectivity index (χ0v) is 16.5. The molecule has 28 heavy (non-hydrogen) atoms. The average Bonchev–Trinajstić information content (AvgIpc) is 3.27. The molecule has 0 bridgehead atoms. The lowest BCUT2D eigenvalue weighted by atomic mass is 9.99. The molecule has 2 amide bonds. The van der Waals surface area contributed by atoms with Gasteiger partial charge in [-0.15, -0.1) is 0 Å². The molecule has 1 aromatic heterocycles. The van der Waals surface area contributed by atoms with Gasteiger partial charge in [-0.1, -0.05) is 11.6 Å². The Kier molecular flexibility index (Phi) is 5.24. The standard InChI is InChI=1S/C21H27N3O4/c1-27-18-9-8-15(20(22-18)28-2)21(26)23-11-10-16-17(23)12-19(25)24(16)13-14-6-4-3-5-7-14/h6,8-9,16-17H,3-5,7,10-13H2,1-2H3/t16-,17-/m0/s1. The third kappa shape index (κ3) is 3.34. The summed E-state index contributed by atoms with van der Waals surface area (Å²) in [5, 5.41) is 0. The summed E-state index contributed by atoms with van der Waals surface area (Å²) in [6.07, 6.45) is 8.14. The molecular weight excluding hydrogens is 358 g/mol. The fourth-order valence-electron chi connectivity index (χ4n) is 4.66. The lowest BCUT2D eigenvalue weighted by Gasteiger charge is -2.27. The average molecular weight is 385 g/mol. The van der Waals surface area contributed by atoms with Gasteiger partial charge in [-0.25, -0.2) is 0 Å². The van der Waals surface area contributed by atoms with Gasteiger partial charge in [-0.3, -0.25) is 9.59 Å². The van der Waals surface area contributed by atoms with Crippen LogP contribution in [0.4, 0.5) is 0 Å². The van der Waals surface area contributed by atoms with E-state index < -0.39 is 0 Å². The summed E-state index contributed by atoms with van der Waals surface area (Å²) in [6, 6.07) is 3.37. The normalized spacial score (nSPS) is 24.2. The van der Waals surface area contributed by atoms with Crippen molar-refractivity contribution in [2.24, 2.45) is 0 Å². The molecule has 2 aliphatic heterocycles. The number of ether oxygens (including phenoxy) is 2. The Bertz CT molecular complexity index is 807. The van der Waals surface area contributed by atoms with Crippen LogP contribution in [0.5, 0.6) is 11.8 Å². The first-order chi connectivity index (χ1) is 13.6. The van der Waals surface area contributed by atoms with Crippen molar-refractivity contribution in [1.82, 2.24) is 14.8 Å². The molecule has 2 saturated heterocycles. The predicted octanol–water partition coefficient (Wildman–Crippen LogP) is 2.41. The molecule has 1 aliphatic carbocycles. The highest BCUT2D eigenvalue weighted by atomic mass is 16.5. The molecule has 3 aliphatic rings. The Morgan fingerprint density at radius 3 is 2.79 bits per heavy atom. The summed E-state index contributed by atoms with van der Waals surface area (Å²) in [5.41, 5.74) is 1.77. The second-order valence-electron chi connectivity index (χ2n) is 7.67. The van der Waals surface area contributed by atoms with Crippen molar-refractivity contribution >= 4 is 11.8 Å². The van der Waals surface area contributed by atoms with Gasteiger partial charge in [0.05, 0.1) is 26.3 Å². The molecule has 2 fully saturated rings. The van der Waals surface area contributed by atoms with Crippen LogP contribution in [0.15, 0.2) is 23.8 Å². The number of fused-ring (bicyclic) bond motifs is 1. The van der Waals surface area contributed by atoms with Crippen molar-refractivity contribution in [3.8, 4) is 11.8 Å². The van der Waals surface area contributed by atoms with Crippen molar-refractivity contribution in [3.63, 3.8) is 0 Å². The molecular formula is C21H27N3O4. The molecule has 2 atom stereocenters. The summed E-state index contributed by atoms with van der Waals surface area (Å²) in [5.74, 6) is 0.668. The SMILES string of the molecule is COc1ccc(C(=O)N2CC[C@H]3[C@@H]2CC(=O)N3CC2=CCCCC2)c(OC)n1. The van der Waals surface area contributed by atoms with Crippen LogP contribution in [-0.2, 0) is 4.79 Å². The molecule has 0 radical (unpaired) electrons. The number of nitrogens with zero attached hydrogens (tertiary/aromatic N) is 3. The van der Waals surface area contributed by atoms with E-state index in [4.69, 9.17) is 9.47 Å². The molecule has 4 rings (SSSR count). The first-order valence-corrected chi connectivity index (χ1v) is 9.99. The zero-order valence-electron chi connectivity index (χ0n) is 16.5. The van der Waals surface area contributed by atoms with Crippen LogP contribution < -0.4 is 9.47 Å².